The summed E-state index contributed by atoms with van der Waals surface area (Å²) in [4.78, 5) is 2.72. The summed E-state index contributed by atoms with van der Waals surface area (Å²) in [6.07, 6.45) is 5.38. The van der Waals surface area contributed by atoms with Crippen LogP contribution in [0.2, 0.25) is 0 Å². The SMILES string of the molecule is CCN(CC1(c2ccccc2)CCNCC1)C1CC1. The number of nitrogens with zero attached hydrogens (tertiary/aromatic N) is 1. The van der Waals surface area contributed by atoms with Gasteiger partial charge < -0.3 is 5.32 Å². The van der Waals surface area contributed by atoms with Crippen LogP contribution in [0.4, 0.5) is 0 Å². The Labute approximate surface area is 117 Å². The number of likely N-dealkylation sites (N-methyl/N-ethyl adjacent to an activating group) is 1. The zero-order valence-electron chi connectivity index (χ0n) is 12.1. The molecule has 2 nitrogen and oxygen atoms in total. The third-order valence-electron chi connectivity index (χ3n) is 4.92. The number of rotatable bonds is 5. The zero-order chi connectivity index (χ0) is 13.1. The van der Waals surface area contributed by atoms with Crippen LogP contribution in [0.5, 0.6) is 0 Å². The summed E-state index contributed by atoms with van der Waals surface area (Å²) in [5.41, 5.74) is 1.93. The molecular formula is C17H26N2. The molecule has 1 aromatic carbocycles. The second kappa shape index (κ2) is 5.64. The molecule has 1 aromatic rings. The standard InChI is InChI=1S/C17H26N2/c1-2-19(16-8-9-16)14-17(10-12-18-13-11-17)15-6-4-3-5-7-15/h3-7,16,18H,2,8-14H2,1H3. The van der Waals surface area contributed by atoms with Gasteiger partial charge in [0.1, 0.15) is 0 Å². The Bertz CT molecular complexity index is 391. The van der Waals surface area contributed by atoms with Crippen molar-refractivity contribution >= 4 is 0 Å². The van der Waals surface area contributed by atoms with E-state index in [9.17, 15) is 0 Å². The Morgan fingerprint density at radius 1 is 1.16 bits per heavy atom. The molecule has 104 valence electrons. The van der Waals surface area contributed by atoms with Crippen molar-refractivity contribution in [2.75, 3.05) is 26.2 Å². The van der Waals surface area contributed by atoms with Crippen LogP contribution in [-0.4, -0.2) is 37.1 Å². The third-order valence-corrected chi connectivity index (χ3v) is 4.92. The van der Waals surface area contributed by atoms with Crippen molar-refractivity contribution in [2.45, 2.75) is 44.1 Å². The smallest absolute Gasteiger partial charge is 0.0104 e. The molecule has 0 radical (unpaired) electrons. The van der Waals surface area contributed by atoms with Gasteiger partial charge in [0.05, 0.1) is 0 Å². The molecule has 0 atom stereocenters. The largest absolute Gasteiger partial charge is 0.317 e. The summed E-state index contributed by atoms with van der Waals surface area (Å²) >= 11 is 0. The highest BCUT2D eigenvalue weighted by Gasteiger charge is 2.38. The lowest BCUT2D eigenvalue weighted by Crippen LogP contribution is -2.48. The summed E-state index contributed by atoms with van der Waals surface area (Å²) < 4.78 is 0. The van der Waals surface area contributed by atoms with Gasteiger partial charge in [-0.15, -0.1) is 0 Å². The van der Waals surface area contributed by atoms with Crippen LogP contribution >= 0.6 is 0 Å². The molecular weight excluding hydrogens is 232 g/mol. The van der Waals surface area contributed by atoms with Gasteiger partial charge in [0.15, 0.2) is 0 Å². The number of nitrogens with one attached hydrogen (secondary N) is 1. The van der Waals surface area contributed by atoms with Gasteiger partial charge in [-0.25, -0.2) is 0 Å². The number of hydrogen-bond donors (Lipinski definition) is 1. The fourth-order valence-electron chi connectivity index (χ4n) is 3.56. The molecule has 19 heavy (non-hydrogen) atoms. The van der Waals surface area contributed by atoms with E-state index in [1.54, 1.807) is 5.56 Å². The monoisotopic (exact) mass is 258 g/mol. The molecule has 0 aromatic heterocycles. The fraction of sp³-hybridized carbons (Fsp3) is 0.647. The van der Waals surface area contributed by atoms with Crippen LogP contribution in [0.15, 0.2) is 30.3 Å². The van der Waals surface area contributed by atoms with Crippen LogP contribution in [0.1, 0.15) is 38.2 Å². The average Bonchev–Trinajstić information content (AvgIpc) is 3.31. The first kappa shape index (κ1) is 13.1. The Kier molecular flexibility index (Phi) is 3.90. The predicted octanol–water partition coefficient (Wildman–Crippen LogP) is 2.79. The second-order valence-electron chi connectivity index (χ2n) is 6.19. The van der Waals surface area contributed by atoms with Crippen molar-refractivity contribution in [1.29, 1.82) is 0 Å². The molecule has 1 saturated heterocycles. The van der Waals surface area contributed by atoms with E-state index in [0.29, 0.717) is 5.41 Å². The van der Waals surface area contributed by atoms with Crippen LogP contribution in [-0.2, 0) is 5.41 Å². The molecule has 0 bridgehead atoms. The van der Waals surface area contributed by atoms with Crippen LogP contribution in [0.3, 0.4) is 0 Å². The van der Waals surface area contributed by atoms with Crippen molar-refractivity contribution in [3.05, 3.63) is 35.9 Å². The molecule has 1 aliphatic carbocycles. The Morgan fingerprint density at radius 2 is 1.84 bits per heavy atom. The van der Waals surface area contributed by atoms with Crippen LogP contribution in [0.25, 0.3) is 0 Å². The molecule has 1 saturated carbocycles. The Morgan fingerprint density at radius 3 is 2.42 bits per heavy atom. The molecule has 1 heterocycles. The summed E-state index contributed by atoms with van der Waals surface area (Å²) in [5, 5.41) is 3.53. The second-order valence-corrected chi connectivity index (χ2v) is 6.19. The highest BCUT2D eigenvalue weighted by molar-refractivity contribution is 5.27. The Balaban J connectivity index is 1.83. The quantitative estimate of drug-likeness (QED) is 0.873. The van der Waals surface area contributed by atoms with Gasteiger partial charge >= 0.3 is 0 Å². The van der Waals surface area contributed by atoms with Gasteiger partial charge in [-0.3, -0.25) is 4.90 Å². The summed E-state index contributed by atoms with van der Waals surface area (Å²) in [7, 11) is 0. The minimum absolute atomic E-state index is 0.380. The van der Waals surface area contributed by atoms with Crippen molar-refractivity contribution in [1.82, 2.24) is 10.2 Å². The van der Waals surface area contributed by atoms with Crippen molar-refractivity contribution in [3.8, 4) is 0 Å². The minimum atomic E-state index is 0.380. The van der Waals surface area contributed by atoms with E-state index in [2.05, 4.69) is 47.5 Å². The summed E-state index contributed by atoms with van der Waals surface area (Å²) in [6, 6.07) is 12.1. The molecule has 0 spiro atoms. The first-order chi connectivity index (χ1) is 9.34. The topological polar surface area (TPSA) is 15.3 Å². The molecule has 0 unspecified atom stereocenters. The van der Waals surface area contributed by atoms with E-state index in [-0.39, 0.29) is 0 Å². The number of hydrogen-bond acceptors (Lipinski definition) is 2. The zero-order valence-corrected chi connectivity index (χ0v) is 12.1. The summed E-state index contributed by atoms with van der Waals surface area (Å²) in [5.74, 6) is 0. The van der Waals surface area contributed by atoms with E-state index in [0.717, 1.165) is 19.1 Å². The van der Waals surface area contributed by atoms with Gasteiger partial charge in [0.25, 0.3) is 0 Å². The fourth-order valence-corrected chi connectivity index (χ4v) is 3.56. The highest BCUT2D eigenvalue weighted by Crippen LogP contribution is 2.37. The van der Waals surface area contributed by atoms with E-state index >= 15 is 0 Å². The maximum absolute atomic E-state index is 3.53. The van der Waals surface area contributed by atoms with Gasteiger partial charge in [0, 0.05) is 18.0 Å². The number of piperidine rings is 1. The minimum Gasteiger partial charge on any atom is -0.317 e. The lowest BCUT2D eigenvalue weighted by atomic mass is 9.72. The molecule has 2 fully saturated rings. The molecule has 2 heteroatoms. The van der Waals surface area contributed by atoms with Crippen molar-refractivity contribution in [3.63, 3.8) is 0 Å². The van der Waals surface area contributed by atoms with E-state index in [1.807, 2.05) is 0 Å². The third kappa shape index (κ3) is 2.85. The van der Waals surface area contributed by atoms with E-state index in [4.69, 9.17) is 0 Å². The molecule has 1 N–H and O–H groups in total. The molecule has 0 amide bonds. The molecule has 2 aliphatic rings. The van der Waals surface area contributed by atoms with Crippen LogP contribution < -0.4 is 5.32 Å². The maximum atomic E-state index is 3.53. The lowest BCUT2D eigenvalue weighted by Gasteiger charge is -2.42. The van der Waals surface area contributed by atoms with Crippen molar-refractivity contribution < 1.29 is 0 Å². The summed E-state index contributed by atoms with van der Waals surface area (Å²) in [6.45, 7) is 7.10. The highest BCUT2D eigenvalue weighted by atomic mass is 15.2. The van der Waals surface area contributed by atoms with Crippen molar-refractivity contribution in [2.24, 2.45) is 0 Å². The molecule has 3 rings (SSSR count). The van der Waals surface area contributed by atoms with Gasteiger partial charge in [-0.2, -0.15) is 0 Å². The van der Waals surface area contributed by atoms with Gasteiger partial charge in [0.2, 0.25) is 0 Å². The maximum Gasteiger partial charge on any atom is 0.0104 e. The lowest BCUT2D eigenvalue weighted by molar-refractivity contribution is 0.173. The first-order valence-electron chi connectivity index (χ1n) is 7.84. The Hall–Kier alpha value is -0.860. The van der Waals surface area contributed by atoms with E-state index < -0.39 is 0 Å². The molecule has 1 aliphatic heterocycles. The first-order valence-corrected chi connectivity index (χ1v) is 7.84. The van der Waals surface area contributed by atoms with Gasteiger partial charge in [-0.1, -0.05) is 37.3 Å². The van der Waals surface area contributed by atoms with Crippen LogP contribution in [0, 0.1) is 0 Å². The van der Waals surface area contributed by atoms with Gasteiger partial charge in [-0.05, 0) is 50.9 Å². The predicted molar refractivity (Wildman–Crippen MR) is 80.5 cm³/mol. The average molecular weight is 258 g/mol. The van der Waals surface area contributed by atoms with E-state index in [1.165, 1.54) is 38.8 Å². The number of benzene rings is 1. The normalized spacial score (nSPS) is 22.6.